The van der Waals surface area contributed by atoms with E-state index in [4.69, 9.17) is 21.1 Å². The van der Waals surface area contributed by atoms with E-state index in [0.29, 0.717) is 36.0 Å². The van der Waals surface area contributed by atoms with Crippen LogP contribution in [0.3, 0.4) is 0 Å². The molecule has 0 aliphatic heterocycles. The van der Waals surface area contributed by atoms with Crippen molar-refractivity contribution in [1.82, 2.24) is 10.2 Å². The number of amides is 2. The van der Waals surface area contributed by atoms with Gasteiger partial charge in [0.1, 0.15) is 6.04 Å². The molecule has 2 amide bonds. The van der Waals surface area contributed by atoms with Gasteiger partial charge in [-0.25, -0.2) is 0 Å². The second-order valence-electron chi connectivity index (χ2n) is 6.91. The molecule has 0 aliphatic rings. The normalized spacial score (nSPS) is 11.5. The Morgan fingerprint density at radius 3 is 2.27 bits per heavy atom. The van der Waals surface area contributed by atoms with E-state index < -0.39 is 6.04 Å². The van der Waals surface area contributed by atoms with Crippen LogP contribution >= 0.6 is 11.6 Å². The molecule has 0 radical (unpaired) electrons. The molecule has 1 N–H and O–H groups in total. The zero-order chi connectivity index (χ0) is 22.1. The van der Waals surface area contributed by atoms with Gasteiger partial charge in [-0.05, 0) is 55.7 Å². The summed E-state index contributed by atoms with van der Waals surface area (Å²) in [4.78, 5) is 27.1. The van der Waals surface area contributed by atoms with E-state index in [0.717, 1.165) is 11.1 Å². The lowest BCUT2D eigenvalue weighted by atomic mass is 10.1. The van der Waals surface area contributed by atoms with E-state index in [-0.39, 0.29) is 18.2 Å². The topological polar surface area (TPSA) is 67.9 Å². The third kappa shape index (κ3) is 6.39. The predicted octanol–water partition coefficient (Wildman–Crippen LogP) is 3.84. The van der Waals surface area contributed by atoms with Crippen LogP contribution in [-0.4, -0.2) is 43.5 Å². The number of carbonyl (C=O) groups excluding carboxylic acids is 2. The van der Waals surface area contributed by atoms with Crippen molar-refractivity contribution in [3.05, 3.63) is 58.6 Å². The third-order valence-electron chi connectivity index (χ3n) is 4.86. The number of benzene rings is 2. The Morgan fingerprint density at radius 2 is 1.67 bits per heavy atom. The molecule has 0 spiro atoms. The fourth-order valence-corrected chi connectivity index (χ4v) is 3.25. The molecule has 2 aromatic rings. The molecule has 0 aromatic heterocycles. The maximum Gasteiger partial charge on any atom is 0.242 e. The Bertz CT molecular complexity index is 855. The molecule has 162 valence electrons. The number of nitrogens with zero attached hydrogens (tertiary/aromatic N) is 1. The van der Waals surface area contributed by atoms with Crippen molar-refractivity contribution in [3.8, 4) is 11.5 Å². The van der Waals surface area contributed by atoms with Gasteiger partial charge in [-0.3, -0.25) is 9.59 Å². The highest BCUT2D eigenvalue weighted by Crippen LogP contribution is 2.28. The van der Waals surface area contributed by atoms with E-state index in [9.17, 15) is 9.59 Å². The number of methoxy groups -OCH3 is 2. The van der Waals surface area contributed by atoms with Crippen molar-refractivity contribution in [1.29, 1.82) is 0 Å². The van der Waals surface area contributed by atoms with E-state index in [1.807, 2.05) is 37.3 Å². The van der Waals surface area contributed by atoms with E-state index in [1.165, 1.54) is 0 Å². The summed E-state index contributed by atoms with van der Waals surface area (Å²) in [6, 6.07) is 12.3. The minimum Gasteiger partial charge on any atom is -0.493 e. The monoisotopic (exact) mass is 432 g/mol. The summed E-state index contributed by atoms with van der Waals surface area (Å²) >= 11 is 5.97. The highest BCUT2D eigenvalue weighted by molar-refractivity contribution is 6.30. The average molecular weight is 433 g/mol. The number of nitrogens with one attached hydrogen (secondary N) is 1. The summed E-state index contributed by atoms with van der Waals surface area (Å²) in [6.07, 6.45) is 0.797. The Morgan fingerprint density at radius 1 is 1.03 bits per heavy atom. The highest BCUT2D eigenvalue weighted by Gasteiger charge is 2.25. The number of carbonyl (C=O) groups is 2. The summed E-state index contributed by atoms with van der Waals surface area (Å²) in [5.74, 6) is 0.988. The fraction of sp³-hybridized carbons (Fsp3) is 0.391. The van der Waals surface area contributed by atoms with Gasteiger partial charge in [-0.15, -0.1) is 0 Å². The summed E-state index contributed by atoms with van der Waals surface area (Å²) in [6.45, 7) is 4.44. The average Bonchev–Trinajstić information content (AvgIpc) is 2.76. The molecule has 0 aliphatic carbocycles. The van der Waals surface area contributed by atoms with Gasteiger partial charge in [0.15, 0.2) is 11.5 Å². The van der Waals surface area contributed by atoms with Gasteiger partial charge >= 0.3 is 0 Å². The molecule has 0 fully saturated rings. The standard InChI is InChI=1S/C23H29ClN2O4/c1-5-25-23(28)16(2)26(15-18-6-10-19(24)11-7-18)22(27)13-9-17-8-12-20(29-3)21(14-17)30-4/h6-8,10-12,14,16H,5,9,13,15H2,1-4H3,(H,25,28)/t16-/m0/s1. The Kier molecular flexibility index (Phi) is 8.99. The first-order chi connectivity index (χ1) is 14.4. The smallest absolute Gasteiger partial charge is 0.242 e. The summed E-state index contributed by atoms with van der Waals surface area (Å²) in [5, 5.41) is 3.42. The Hall–Kier alpha value is -2.73. The maximum atomic E-state index is 13.1. The second kappa shape index (κ2) is 11.5. The molecule has 2 aromatic carbocycles. The van der Waals surface area contributed by atoms with Crippen molar-refractivity contribution >= 4 is 23.4 Å². The Labute approximate surface area is 183 Å². The molecule has 7 heteroatoms. The quantitative estimate of drug-likeness (QED) is 0.619. The molecule has 0 saturated heterocycles. The van der Waals surface area contributed by atoms with Gasteiger partial charge in [0, 0.05) is 24.5 Å². The van der Waals surface area contributed by atoms with Gasteiger partial charge in [-0.2, -0.15) is 0 Å². The van der Waals surface area contributed by atoms with Crippen LogP contribution in [0.2, 0.25) is 5.02 Å². The first-order valence-electron chi connectivity index (χ1n) is 9.92. The fourth-order valence-electron chi connectivity index (χ4n) is 3.12. The summed E-state index contributed by atoms with van der Waals surface area (Å²) in [5.41, 5.74) is 1.87. The number of ether oxygens (including phenoxy) is 2. The first kappa shape index (κ1) is 23.5. The minimum atomic E-state index is -0.585. The first-order valence-corrected chi connectivity index (χ1v) is 10.3. The van der Waals surface area contributed by atoms with Gasteiger partial charge in [-0.1, -0.05) is 29.8 Å². The molecule has 0 unspecified atom stereocenters. The van der Waals surface area contributed by atoms with Crippen LogP contribution in [-0.2, 0) is 22.6 Å². The van der Waals surface area contributed by atoms with Crippen molar-refractivity contribution in [2.75, 3.05) is 20.8 Å². The molecule has 0 saturated carbocycles. The van der Waals surface area contributed by atoms with Gasteiger partial charge in [0.25, 0.3) is 0 Å². The molecular weight excluding hydrogens is 404 g/mol. The number of likely N-dealkylation sites (N-methyl/N-ethyl adjacent to an activating group) is 1. The van der Waals surface area contributed by atoms with Gasteiger partial charge in [0.05, 0.1) is 14.2 Å². The van der Waals surface area contributed by atoms with E-state index in [1.54, 1.807) is 38.2 Å². The van der Waals surface area contributed by atoms with Crippen molar-refractivity contribution in [3.63, 3.8) is 0 Å². The lowest BCUT2D eigenvalue weighted by Crippen LogP contribution is -2.47. The molecule has 0 heterocycles. The van der Waals surface area contributed by atoms with Crippen LogP contribution < -0.4 is 14.8 Å². The van der Waals surface area contributed by atoms with Crippen LogP contribution in [0.25, 0.3) is 0 Å². The van der Waals surface area contributed by atoms with Gasteiger partial charge < -0.3 is 19.7 Å². The Balaban J connectivity index is 2.15. The van der Waals surface area contributed by atoms with Crippen LogP contribution in [0.4, 0.5) is 0 Å². The molecule has 1 atom stereocenters. The lowest BCUT2D eigenvalue weighted by molar-refractivity contribution is -0.140. The highest BCUT2D eigenvalue weighted by atomic mass is 35.5. The number of hydrogen-bond donors (Lipinski definition) is 1. The maximum absolute atomic E-state index is 13.1. The SMILES string of the molecule is CCNC(=O)[C@H](C)N(Cc1ccc(Cl)cc1)C(=O)CCc1ccc(OC)c(OC)c1. The number of hydrogen-bond acceptors (Lipinski definition) is 4. The number of halogens is 1. The molecule has 6 nitrogen and oxygen atoms in total. The van der Waals surface area contributed by atoms with Crippen LogP contribution in [0.15, 0.2) is 42.5 Å². The molecule has 30 heavy (non-hydrogen) atoms. The predicted molar refractivity (Wildman–Crippen MR) is 118 cm³/mol. The lowest BCUT2D eigenvalue weighted by Gasteiger charge is -2.29. The zero-order valence-corrected chi connectivity index (χ0v) is 18.7. The zero-order valence-electron chi connectivity index (χ0n) is 17.9. The van der Waals surface area contributed by atoms with Crippen LogP contribution in [0, 0.1) is 0 Å². The van der Waals surface area contributed by atoms with Crippen molar-refractivity contribution in [2.45, 2.75) is 39.3 Å². The second-order valence-corrected chi connectivity index (χ2v) is 7.34. The largest absolute Gasteiger partial charge is 0.493 e. The minimum absolute atomic E-state index is 0.0986. The number of rotatable bonds is 10. The molecular formula is C23H29ClN2O4. The molecule has 2 rings (SSSR count). The third-order valence-corrected chi connectivity index (χ3v) is 5.11. The number of aryl methyl sites for hydroxylation is 1. The van der Waals surface area contributed by atoms with Crippen LogP contribution in [0.5, 0.6) is 11.5 Å². The van der Waals surface area contributed by atoms with Crippen molar-refractivity contribution < 1.29 is 19.1 Å². The molecule has 0 bridgehead atoms. The van der Waals surface area contributed by atoms with Crippen LogP contribution in [0.1, 0.15) is 31.4 Å². The summed E-state index contributed by atoms with van der Waals surface area (Å²) < 4.78 is 10.6. The van der Waals surface area contributed by atoms with E-state index in [2.05, 4.69) is 5.32 Å². The van der Waals surface area contributed by atoms with Gasteiger partial charge in [0.2, 0.25) is 11.8 Å². The van der Waals surface area contributed by atoms with E-state index >= 15 is 0 Å². The summed E-state index contributed by atoms with van der Waals surface area (Å²) in [7, 11) is 3.16. The van der Waals surface area contributed by atoms with Crippen molar-refractivity contribution in [2.24, 2.45) is 0 Å².